The van der Waals surface area contributed by atoms with Crippen molar-refractivity contribution < 1.29 is 9.18 Å². The van der Waals surface area contributed by atoms with E-state index in [2.05, 4.69) is 17.0 Å². The van der Waals surface area contributed by atoms with Crippen LogP contribution in [0.1, 0.15) is 0 Å². The summed E-state index contributed by atoms with van der Waals surface area (Å²) in [4.78, 5) is 11.4. The summed E-state index contributed by atoms with van der Waals surface area (Å²) in [6.45, 7) is 3.38. The molecule has 0 unspecified atom stereocenters. The molecule has 0 saturated carbocycles. The molecule has 0 aliphatic carbocycles. The van der Waals surface area contributed by atoms with Crippen LogP contribution in [0.3, 0.4) is 0 Å². The number of nitrogens with one attached hydrogen (secondary N) is 1. The Labute approximate surface area is 126 Å². The van der Waals surface area contributed by atoms with Gasteiger partial charge in [0.2, 0.25) is 5.91 Å². The van der Waals surface area contributed by atoms with Crippen molar-refractivity contribution >= 4 is 22.5 Å². The number of nitrogens with zero attached hydrogens (tertiary/aromatic N) is 2. The molecule has 0 aliphatic rings. The number of hydrogen-bond donors (Lipinski definition) is 1. The molecule has 0 radical (unpaired) electrons. The van der Waals surface area contributed by atoms with Crippen molar-refractivity contribution in [3.05, 3.63) is 61.1 Å². The molecular formula is C17H14FN3O. The van der Waals surface area contributed by atoms with E-state index in [1.54, 1.807) is 16.9 Å². The van der Waals surface area contributed by atoms with E-state index in [1.165, 1.54) is 12.1 Å². The molecule has 0 fully saturated rings. The zero-order valence-electron chi connectivity index (χ0n) is 12.0. The van der Waals surface area contributed by atoms with Gasteiger partial charge in [-0.3, -0.25) is 9.48 Å². The lowest BCUT2D eigenvalue weighted by Gasteiger charge is -2.08. The summed E-state index contributed by atoms with van der Waals surface area (Å²) in [5.41, 5.74) is 2.88. The molecule has 3 aromatic rings. The minimum atomic E-state index is -0.415. The van der Waals surface area contributed by atoms with Gasteiger partial charge in [0.05, 0.1) is 11.7 Å². The molecule has 22 heavy (non-hydrogen) atoms. The summed E-state index contributed by atoms with van der Waals surface area (Å²) >= 11 is 0. The lowest BCUT2D eigenvalue weighted by Crippen LogP contribution is -2.07. The van der Waals surface area contributed by atoms with Crippen molar-refractivity contribution in [3.8, 4) is 11.1 Å². The number of anilines is 1. The van der Waals surface area contributed by atoms with E-state index in [0.717, 1.165) is 22.5 Å². The molecule has 1 heterocycles. The van der Waals surface area contributed by atoms with Gasteiger partial charge in [-0.25, -0.2) is 4.39 Å². The Morgan fingerprint density at radius 3 is 2.86 bits per heavy atom. The second kappa shape index (κ2) is 5.44. The van der Waals surface area contributed by atoms with Crippen molar-refractivity contribution in [2.24, 2.45) is 7.05 Å². The van der Waals surface area contributed by atoms with Crippen molar-refractivity contribution in [1.82, 2.24) is 9.78 Å². The predicted octanol–water partition coefficient (Wildman–Crippen LogP) is 3.50. The number of fused-ring (bicyclic) bond motifs is 1. The standard InChI is InChI=1S/C17H14FN3O/c1-3-17(22)20-15-7-13(6-14(18)9-15)11-4-5-12-10-19-21(2)16(12)8-11/h3-10H,1H2,2H3,(H,20,22). The summed E-state index contributed by atoms with van der Waals surface area (Å²) in [6.07, 6.45) is 2.92. The Kier molecular flexibility index (Phi) is 3.47. The Balaban J connectivity index is 2.07. The van der Waals surface area contributed by atoms with Gasteiger partial charge in [0, 0.05) is 18.1 Å². The second-order valence-electron chi connectivity index (χ2n) is 4.96. The number of carbonyl (C=O) groups is 1. The number of benzene rings is 2. The zero-order chi connectivity index (χ0) is 15.7. The minimum absolute atomic E-state index is 0.376. The first-order valence-corrected chi connectivity index (χ1v) is 6.73. The van der Waals surface area contributed by atoms with Crippen LogP contribution in [0.15, 0.2) is 55.3 Å². The van der Waals surface area contributed by atoms with Gasteiger partial charge in [0.25, 0.3) is 0 Å². The average Bonchev–Trinajstić information content (AvgIpc) is 2.87. The molecule has 4 nitrogen and oxygen atoms in total. The third kappa shape index (κ3) is 2.61. The van der Waals surface area contributed by atoms with Gasteiger partial charge in [-0.2, -0.15) is 5.10 Å². The number of rotatable bonds is 3. The maximum Gasteiger partial charge on any atom is 0.247 e. The minimum Gasteiger partial charge on any atom is -0.322 e. The van der Waals surface area contributed by atoms with E-state index in [9.17, 15) is 9.18 Å². The van der Waals surface area contributed by atoms with Crippen molar-refractivity contribution in [1.29, 1.82) is 0 Å². The van der Waals surface area contributed by atoms with E-state index in [0.29, 0.717) is 11.3 Å². The van der Waals surface area contributed by atoms with Gasteiger partial charge in [-0.1, -0.05) is 18.7 Å². The fourth-order valence-corrected chi connectivity index (χ4v) is 2.35. The molecule has 0 bridgehead atoms. The topological polar surface area (TPSA) is 46.9 Å². The van der Waals surface area contributed by atoms with E-state index in [-0.39, 0.29) is 5.91 Å². The molecule has 0 spiro atoms. The van der Waals surface area contributed by atoms with Crippen LogP contribution in [-0.2, 0) is 11.8 Å². The molecule has 0 atom stereocenters. The van der Waals surface area contributed by atoms with Crippen LogP contribution in [0.25, 0.3) is 22.0 Å². The largest absolute Gasteiger partial charge is 0.322 e. The van der Waals surface area contributed by atoms with Crippen LogP contribution in [0.5, 0.6) is 0 Å². The SMILES string of the molecule is C=CC(=O)Nc1cc(F)cc(-c2ccc3cnn(C)c3c2)c1. The number of hydrogen-bond acceptors (Lipinski definition) is 2. The van der Waals surface area contributed by atoms with Gasteiger partial charge < -0.3 is 5.32 Å². The molecule has 110 valence electrons. The van der Waals surface area contributed by atoms with Gasteiger partial charge in [0.15, 0.2) is 0 Å². The smallest absolute Gasteiger partial charge is 0.247 e. The summed E-state index contributed by atoms with van der Waals surface area (Å²) < 4.78 is 15.6. The zero-order valence-corrected chi connectivity index (χ0v) is 12.0. The first-order chi connectivity index (χ1) is 10.6. The van der Waals surface area contributed by atoms with E-state index < -0.39 is 5.82 Å². The second-order valence-corrected chi connectivity index (χ2v) is 4.96. The van der Waals surface area contributed by atoms with Crippen LogP contribution in [0.2, 0.25) is 0 Å². The van der Waals surface area contributed by atoms with Gasteiger partial charge in [0.1, 0.15) is 5.82 Å². The van der Waals surface area contributed by atoms with Crippen LogP contribution in [0, 0.1) is 5.82 Å². The number of carbonyl (C=O) groups excluding carboxylic acids is 1. The highest BCUT2D eigenvalue weighted by Gasteiger charge is 2.07. The van der Waals surface area contributed by atoms with E-state index in [4.69, 9.17) is 0 Å². The van der Waals surface area contributed by atoms with Gasteiger partial charge in [-0.05, 0) is 41.5 Å². The fraction of sp³-hybridized carbons (Fsp3) is 0.0588. The first kappa shape index (κ1) is 14.0. The maximum atomic E-state index is 13.8. The lowest BCUT2D eigenvalue weighted by molar-refractivity contribution is -0.111. The third-order valence-electron chi connectivity index (χ3n) is 3.43. The molecule has 1 amide bonds. The molecule has 5 heteroatoms. The summed E-state index contributed by atoms with van der Waals surface area (Å²) in [5.74, 6) is -0.791. The quantitative estimate of drug-likeness (QED) is 0.752. The molecule has 0 saturated heterocycles. The summed E-state index contributed by atoms with van der Waals surface area (Å²) in [7, 11) is 1.85. The number of aromatic nitrogens is 2. The molecule has 0 aliphatic heterocycles. The maximum absolute atomic E-state index is 13.8. The summed E-state index contributed by atoms with van der Waals surface area (Å²) in [6, 6.07) is 10.2. The first-order valence-electron chi connectivity index (χ1n) is 6.73. The Morgan fingerprint density at radius 2 is 2.09 bits per heavy atom. The molecule has 2 aromatic carbocycles. The lowest BCUT2D eigenvalue weighted by atomic mass is 10.0. The van der Waals surface area contributed by atoms with E-state index >= 15 is 0 Å². The van der Waals surface area contributed by atoms with Crippen LogP contribution in [0.4, 0.5) is 10.1 Å². The highest BCUT2D eigenvalue weighted by atomic mass is 19.1. The predicted molar refractivity (Wildman–Crippen MR) is 84.9 cm³/mol. The van der Waals surface area contributed by atoms with Gasteiger partial charge >= 0.3 is 0 Å². The fourth-order valence-electron chi connectivity index (χ4n) is 2.35. The Hall–Kier alpha value is -2.95. The normalized spacial score (nSPS) is 10.6. The molecular weight excluding hydrogens is 281 g/mol. The number of halogens is 1. The van der Waals surface area contributed by atoms with Crippen molar-refractivity contribution in [3.63, 3.8) is 0 Å². The number of aryl methyl sites for hydroxylation is 1. The Bertz CT molecular complexity index is 883. The molecule has 1 N–H and O–H groups in total. The Morgan fingerprint density at radius 1 is 1.27 bits per heavy atom. The highest BCUT2D eigenvalue weighted by molar-refractivity contribution is 5.99. The van der Waals surface area contributed by atoms with E-state index in [1.807, 2.05) is 25.2 Å². The van der Waals surface area contributed by atoms with Crippen LogP contribution < -0.4 is 5.32 Å². The van der Waals surface area contributed by atoms with Crippen molar-refractivity contribution in [2.75, 3.05) is 5.32 Å². The van der Waals surface area contributed by atoms with Crippen LogP contribution >= 0.6 is 0 Å². The monoisotopic (exact) mass is 295 g/mol. The van der Waals surface area contributed by atoms with Crippen molar-refractivity contribution in [2.45, 2.75) is 0 Å². The average molecular weight is 295 g/mol. The third-order valence-corrected chi connectivity index (χ3v) is 3.43. The number of amides is 1. The highest BCUT2D eigenvalue weighted by Crippen LogP contribution is 2.27. The van der Waals surface area contributed by atoms with Crippen LogP contribution in [-0.4, -0.2) is 15.7 Å². The summed E-state index contributed by atoms with van der Waals surface area (Å²) in [5, 5.41) is 7.78. The van der Waals surface area contributed by atoms with Gasteiger partial charge in [-0.15, -0.1) is 0 Å². The molecule has 1 aromatic heterocycles. The molecule has 3 rings (SSSR count).